The molecule has 0 aromatic heterocycles. The monoisotopic (exact) mass is 290 g/mol. The summed E-state index contributed by atoms with van der Waals surface area (Å²) in [6, 6.07) is 6.91. The van der Waals surface area contributed by atoms with E-state index in [-0.39, 0.29) is 18.0 Å². The van der Waals surface area contributed by atoms with E-state index in [0.29, 0.717) is 13.0 Å². The summed E-state index contributed by atoms with van der Waals surface area (Å²) >= 11 is 0. The molecule has 5 heteroatoms. The standard InChI is InChI=1S/C16H22N2O3/c1-16(2,3)17-9-14(19)18-10-12-7-5-4-6-11(12)8-13(18)15(20)21/h4-7,13,17H,8-10H2,1-3H3,(H,20,21). The van der Waals surface area contributed by atoms with Gasteiger partial charge in [-0.25, -0.2) is 4.79 Å². The number of hydrogen-bond donors (Lipinski definition) is 2. The molecule has 21 heavy (non-hydrogen) atoms. The molecule has 1 aliphatic heterocycles. The van der Waals surface area contributed by atoms with Crippen LogP contribution in [0.15, 0.2) is 24.3 Å². The van der Waals surface area contributed by atoms with Crippen LogP contribution in [0, 0.1) is 0 Å². The summed E-state index contributed by atoms with van der Waals surface area (Å²) in [7, 11) is 0. The van der Waals surface area contributed by atoms with Gasteiger partial charge < -0.3 is 15.3 Å². The van der Waals surface area contributed by atoms with Crippen LogP contribution < -0.4 is 5.32 Å². The summed E-state index contributed by atoms with van der Waals surface area (Å²) in [5.74, 6) is -1.12. The summed E-state index contributed by atoms with van der Waals surface area (Å²) < 4.78 is 0. The van der Waals surface area contributed by atoms with Crippen molar-refractivity contribution >= 4 is 11.9 Å². The maximum Gasteiger partial charge on any atom is 0.326 e. The average molecular weight is 290 g/mol. The molecule has 1 unspecified atom stereocenters. The zero-order valence-corrected chi connectivity index (χ0v) is 12.7. The number of carboxylic acids is 1. The van der Waals surface area contributed by atoms with Crippen molar-refractivity contribution in [2.45, 2.75) is 45.3 Å². The Kier molecular flexibility index (Phi) is 4.32. The zero-order valence-electron chi connectivity index (χ0n) is 12.7. The summed E-state index contributed by atoms with van der Waals surface area (Å²) in [5.41, 5.74) is 1.86. The number of carbonyl (C=O) groups is 2. The van der Waals surface area contributed by atoms with Crippen LogP contribution in [0.4, 0.5) is 0 Å². The van der Waals surface area contributed by atoms with Crippen molar-refractivity contribution in [3.05, 3.63) is 35.4 Å². The molecule has 1 amide bonds. The number of carboxylic acid groups (broad SMARTS) is 1. The molecule has 2 N–H and O–H groups in total. The minimum absolute atomic E-state index is 0.148. The molecule has 2 rings (SSSR count). The minimum atomic E-state index is -0.950. The molecule has 1 heterocycles. The first kappa shape index (κ1) is 15.5. The smallest absolute Gasteiger partial charge is 0.326 e. The lowest BCUT2D eigenvalue weighted by Gasteiger charge is -2.35. The molecule has 114 valence electrons. The fourth-order valence-electron chi connectivity index (χ4n) is 2.45. The summed E-state index contributed by atoms with van der Waals surface area (Å²) in [6.45, 7) is 6.43. The first-order valence-electron chi connectivity index (χ1n) is 7.12. The van der Waals surface area contributed by atoms with Gasteiger partial charge in [0.2, 0.25) is 5.91 Å². The molecular formula is C16H22N2O3. The lowest BCUT2D eigenvalue weighted by atomic mass is 9.94. The fourth-order valence-corrected chi connectivity index (χ4v) is 2.45. The molecule has 0 aliphatic carbocycles. The molecule has 5 nitrogen and oxygen atoms in total. The van der Waals surface area contributed by atoms with Crippen molar-refractivity contribution in [1.82, 2.24) is 10.2 Å². The van der Waals surface area contributed by atoms with E-state index in [1.165, 1.54) is 4.90 Å². The Morgan fingerprint density at radius 1 is 1.29 bits per heavy atom. The first-order valence-corrected chi connectivity index (χ1v) is 7.12. The maximum atomic E-state index is 12.4. The van der Waals surface area contributed by atoms with Gasteiger partial charge in [-0.3, -0.25) is 4.79 Å². The maximum absolute atomic E-state index is 12.4. The van der Waals surface area contributed by atoms with Crippen molar-refractivity contribution in [3.63, 3.8) is 0 Å². The molecule has 0 radical (unpaired) electrons. The van der Waals surface area contributed by atoms with Gasteiger partial charge in [-0.05, 0) is 31.9 Å². The van der Waals surface area contributed by atoms with Crippen LogP contribution >= 0.6 is 0 Å². The van der Waals surface area contributed by atoms with Gasteiger partial charge in [0.1, 0.15) is 6.04 Å². The van der Waals surface area contributed by atoms with Crippen LogP contribution in [-0.2, 0) is 22.6 Å². The summed E-state index contributed by atoms with van der Waals surface area (Å²) in [4.78, 5) is 25.3. The Balaban J connectivity index is 2.17. The van der Waals surface area contributed by atoms with Crippen molar-refractivity contribution in [2.24, 2.45) is 0 Å². The number of hydrogen-bond acceptors (Lipinski definition) is 3. The molecule has 0 spiro atoms. The van der Waals surface area contributed by atoms with Gasteiger partial charge in [-0.2, -0.15) is 0 Å². The molecule has 1 aliphatic rings. The normalized spacial score (nSPS) is 18.2. The lowest BCUT2D eigenvalue weighted by Crippen LogP contribution is -2.52. The van der Waals surface area contributed by atoms with E-state index in [2.05, 4.69) is 5.32 Å². The second kappa shape index (κ2) is 5.85. The minimum Gasteiger partial charge on any atom is -0.480 e. The van der Waals surface area contributed by atoms with Gasteiger partial charge in [-0.1, -0.05) is 24.3 Å². The highest BCUT2D eigenvalue weighted by molar-refractivity contribution is 5.85. The first-order chi connectivity index (χ1) is 9.78. The third-order valence-electron chi connectivity index (χ3n) is 3.62. The number of rotatable bonds is 3. The quantitative estimate of drug-likeness (QED) is 0.883. The Morgan fingerprint density at radius 2 is 1.90 bits per heavy atom. The number of nitrogens with one attached hydrogen (secondary N) is 1. The number of nitrogens with zero attached hydrogens (tertiary/aromatic N) is 1. The zero-order chi connectivity index (χ0) is 15.6. The fraction of sp³-hybridized carbons (Fsp3) is 0.500. The van der Waals surface area contributed by atoms with E-state index in [4.69, 9.17) is 0 Å². The van der Waals surface area contributed by atoms with Crippen molar-refractivity contribution in [3.8, 4) is 0 Å². The largest absolute Gasteiger partial charge is 0.480 e. The highest BCUT2D eigenvalue weighted by Gasteiger charge is 2.34. The molecule has 0 saturated carbocycles. The van der Waals surface area contributed by atoms with E-state index in [0.717, 1.165) is 11.1 Å². The number of carbonyl (C=O) groups excluding carboxylic acids is 1. The van der Waals surface area contributed by atoms with Crippen molar-refractivity contribution in [1.29, 1.82) is 0 Å². The van der Waals surface area contributed by atoms with E-state index >= 15 is 0 Å². The SMILES string of the molecule is CC(C)(C)NCC(=O)N1Cc2ccccc2CC1C(=O)O. The van der Waals surface area contributed by atoms with E-state index in [9.17, 15) is 14.7 Å². The number of aliphatic carboxylic acids is 1. The van der Waals surface area contributed by atoms with Gasteiger partial charge in [0, 0.05) is 18.5 Å². The Morgan fingerprint density at radius 3 is 2.48 bits per heavy atom. The van der Waals surface area contributed by atoms with Crippen molar-refractivity contribution < 1.29 is 14.7 Å². The predicted octanol–water partition coefficient (Wildman–Crippen LogP) is 1.41. The number of benzene rings is 1. The Labute approximate surface area is 125 Å². The summed E-state index contributed by atoms with van der Waals surface area (Å²) in [6.07, 6.45) is 0.368. The highest BCUT2D eigenvalue weighted by atomic mass is 16.4. The molecule has 0 saturated heterocycles. The van der Waals surface area contributed by atoms with Gasteiger partial charge in [0.15, 0.2) is 0 Å². The topological polar surface area (TPSA) is 69.6 Å². The van der Waals surface area contributed by atoms with Gasteiger partial charge in [0.25, 0.3) is 0 Å². The van der Waals surface area contributed by atoms with Crippen LogP contribution in [0.3, 0.4) is 0 Å². The Bertz CT molecular complexity index is 549. The molecule has 0 bridgehead atoms. The van der Waals surface area contributed by atoms with Gasteiger partial charge >= 0.3 is 5.97 Å². The third-order valence-corrected chi connectivity index (χ3v) is 3.62. The lowest BCUT2D eigenvalue weighted by molar-refractivity contribution is -0.151. The van der Waals surface area contributed by atoms with Crippen LogP contribution in [0.5, 0.6) is 0 Å². The van der Waals surface area contributed by atoms with Crippen LogP contribution in [0.2, 0.25) is 0 Å². The molecule has 1 aromatic rings. The van der Waals surface area contributed by atoms with E-state index in [1.54, 1.807) is 0 Å². The van der Waals surface area contributed by atoms with Crippen molar-refractivity contribution in [2.75, 3.05) is 6.54 Å². The molecular weight excluding hydrogens is 268 g/mol. The van der Waals surface area contributed by atoms with Gasteiger partial charge in [-0.15, -0.1) is 0 Å². The van der Waals surface area contributed by atoms with Crippen LogP contribution in [0.1, 0.15) is 31.9 Å². The second-order valence-electron chi connectivity index (χ2n) is 6.45. The highest BCUT2D eigenvalue weighted by Crippen LogP contribution is 2.23. The molecule has 0 fully saturated rings. The van der Waals surface area contributed by atoms with Crippen LogP contribution in [-0.4, -0.2) is 40.0 Å². The third kappa shape index (κ3) is 3.82. The number of fused-ring (bicyclic) bond motifs is 1. The number of amides is 1. The molecule has 1 aromatic carbocycles. The van der Waals surface area contributed by atoms with Gasteiger partial charge in [0.05, 0.1) is 6.54 Å². The Hall–Kier alpha value is -1.88. The van der Waals surface area contributed by atoms with E-state index < -0.39 is 12.0 Å². The van der Waals surface area contributed by atoms with E-state index in [1.807, 2.05) is 45.0 Å². The second-order valence-corrected chi connectivity index (χ2v) is 6.45. The molecule has 1 atom stereocenters. The van der Waals surface area contributed by atoms with Crippen LogP contribution in [0.25, 0.3) is 0 Å². The average Bonchev–Trinajstić information content (AvgIpc) is 2.42. The summed E-state index contributed by atoms with van der Waals surface area (Å²) in [5, 5.41) is 12.5. The predicted molar refractivity (Wildman–Crippen MR) is 79.9 cm³/mol.